The fourth-order valence-corrected chi connectivity index (χ4v) is 1.97. The predicted molar refractivity (Wildman–Crippen MR) is 36.8 cm³/mol. The van der Waals surface area contributed by atoms with Gasteiger partial charge in [0.15, 0.2) is 0 Å². The van der Waals surface area contributed by atoms with Crippen molar-refractivity contribution >= 4 is 0 Å². The molecule has 1 saturated carbocycles. The highest BCUT2D eigenvalue weighted by molar-refractivity contribution is 5.16. The molecule has 9 heavy (non-hydrogen) atoms. The van der Waals surface area contributed by atoms with Crippen molar-refractivity contribution in [3.63, 3.8) is 0 Å². The number of fused-ring (bicyclic) bond motifs is 1. The normalized spacial score (nSPS) is 49.3. The van der Waals surface area contributed by atoms with Gasteiger partial charge in [0.05, 0.1) is 0 Å². The average Bonchev–Trinajstić information content (AvgIpc) is 2.38. The fraction of sp³-hybridized carbons (Fsp3) is 0.857. The molecule has 0 aromatic heterocycles. The van der Waals surface area contributed by atoms with E-state index < -0.39 is 0 Å². The smallest absolute Gasteiger partial charge is 0.0326 e. The summed E-state index contributed by atoms with van der Waals surface area (Å²) >= 11 is 0. The molecule has 0 bridgehead atoms. The zero-order chi connectivity index (χ0) is 6.48. The van der Waals surface area contributed by atoms with Gasteiger partial charge in [-0.25, -0.2) is 0 Å². The van der Waals surface area contributed by atoms with Crippen LogP contribution in [0.1, 0.15) is 6.42 Å². The van der Waals surface area contributed by atoms with E-state index in [1.54, 1.807) is 0 Å². The molecule has 2 atom stereocenters. The minimum absolute atomic E-state index is 0.488. The number of likely N-dealkylation sites (N-methyl/N-ethyl adjacent to an activating group) is 1. The maximum Gasteiger partial charge on any atom is 0.0326 e. The number of nitrogens with zero attached hydrogens (tertiary/aromatic N) is 1. The lowest BCUT2D eigenvalue weighted by molar-refractivity contribution is 0.384. The second-order valence-corrected chi connectivity index (χ2v) is 3.32. The first-order valence-electron chi connectivity index (χ1n) is 3.51. The molecule has 1 N–H and O–H groups in total. The number of piperidine rings is 1. The van der Waals surface area contributed by atoms with Crippen molar-refractivity contribution in [1.82, 2.24) is 10.2 Å². The Morgan fingerprint density at radius 2 is 2.56 bits per heavy atom. The molecule has 0 radical (unpaired) electrons. The van der Waals surface area contributed by atoms with Crippen LogP contribution in [0, 0.1) is 13.0 Å². The maximum atomic E-state index is 3.90. The lowest BCUT2D eigenvalue weighted by Gasteiger charge is -2.21. The Bertz CT molecular complexity index is 131. The second kappa shape index (κ2) is 1.50. The van der Waals surface area contributed by atoms with Crippen LogP contribution in [0.15, 0.2) is 0 Å². The van der Waals surface area contributed by atoms with E-state index in [1.165, 1.54) is 13.0 Å². The molecule has 1 aliphatic carbocycles. The summed E-state index contributed by atoms with van der Waals surface area (Å²) in [5.41, 5.74) is 0.488. The van der Waals surface area contributed by atoms with Crippen LogP contribution in [0.25, 0.3) is 0 Å². The Labute approximate surface area is 56.2 Å². The summed E-state index contributed by atoms with van der Waals surface area (Å²) < 4.78 is 0. The van der Waals surface area contributed by atoms with Crippen LogP contribution in [0.3, 0.4) is 0 Å². The Hall–Kier alpha value is -0.0800. The summed E-state index contributed by atoms with van der Waals surface area (Å²) in [6, 6.07) is 0. The number of hydrogen-bond acceptors (Lipinski definition) is 2. The second-order valence-electron chi connectivity index (χ2n) is 3.32. The lowest BCUT2D eigenvalue weighted by atomic mass is 10.2. The Kier molecular flexibility index (Phi) is 0.945. The van der Waals surface area contributed by atoms with Gasteiger partial charge in [-0.3, -0.25) is 7.05 Å². The van der Waals surface area contributed by atoms with E-state index in [-0.39, 0.29) is 0 Å². The third kappa shape index (κ3) is 0.634. The average molecular weight is 125 g/mol. The summed E-state index contributed by atoms with van der Waals surface area (Å²) in [4.78, 5) is 2.16. The molecule has 0 aromatic carbocycles. The van der Waals surface area contributed by atoms with Crippen molar-refractivity contribution in [3.05, 3.63) is 7.05 Å². The molecule has 2 heteroatoms. The van der Waals surface area contributed by atoms with E-state index in [2.05, 4.69) is 24.3 Å². The Balaban J connectivity index is 2.05. The molecule has 0 amide bonds. The highest BCUT2D eigenvalue weighted by atomic mass is 15.2. The summed E-state index contributed by atoms with van der Waals surface area (Å²) in [6.45, 7) is 2.34. The standard InChI is InChI=1S/C7H13N2/c1-8-7-3-6(7)4-9(2)5-7/h6,8H,2-5H2,1H3/q-1/t6-,7-/m0/s1. The molecule has 0 unspecified atom stereocenters. The molecule has 2 rings (SSSR count). The van der Waals surface area contributed by atoms with Crippen molar-refractivity contribution in [2.75, 3.05) is 20.1 Å². The molecule has 2 fully saturated rings. The van der Waals surface area contributed by atoms with Crippen LogP contribution >= 0.6 is 0 Å². The monoisotopic (exact) mass is 125 g/mol. The quantitative estimate of drug-likeness (QED) is 0.499. The summed E-state index contributed by atoms with van der Waals surface area (Å²) in [5, 5.41) is 3.36. The van der Waals surface area contributed by atoms with Gasteiger partial charge in [-0.2, -0.15) is 0 Å². The molecular weight excluding hydrogens is 112 g/mol. The molecule has 2 aliphatic rings. The van der Waals surface area contributed by atoms with Gasteiger partial charge >= 0.3 is 0 Å². The summed E-state index contributed by atoms with van der Waals surface area (Å²) in [5.74, 6) is 0.903. The third-order valence-electron chi connectivity index (χ3n) is 2.71. The Morgan fingerprint density at radius 1 is 1.78 bits per heavy atom. The van der Waals surface area contributed by atoms with Crippen molar-refractivity contribution in [1.29, 1.82) is 0 Å². The highest BCUT2D eigenvalue weighted by Gasteiger charge is 2.56. The molecule has 2 nitrogen and oxygen atoms in total. The van der Waals surface area contributed by atoms with Gasteiger partial charge in [-0.1, -0.05) is 0 Å². The first-order chi connectivity index (χ1) is 4.27. The van der Waals surface area contributed by atoms with Crippen molar-refractivity contribution < 1.29 is 0 Å². The summed E-state index contributed by atoms with van der Waals surface area (Å²) in [6.07, 6.45) is 1.37. The molecule has 52 valence electrons. The molecule has 0 aromatic rings. The minimum atomic E-state index is 0.488. The van der Waals surface area contributed by atoms with Crippen LogP contribution in [0.4, 0.5) is 0 Å². The number of nitrogens with one attached hydrogen (secondary N) is 1. The molecular formula is C7H13N2-. The van der Waals surface area contributed by atoms with E-state index in [9.17, 15) is 0 Å². The molecule has 1 aliphatic heterocycles. The van der Waals surface area contributed by atoms with Gasteiger partial charge in [-0.05, 0) is 32.5 Å². The van der Waals surface area contributed by atoms with Crippen molar-refractivity contribution in [3.8, 4) is 0 Å². The van der Waals surface area contributed by atoms with Crippen LogP contribution in [-0.4, -0.2) is 30.6 Å². The van der Waals surface area contributed by atoms with Crippen molar-refractivity contribution in [2.45, 2.75) is 12.0 Å². The molecule has 0 spiro atoms. The third-order valence-corrected chi connectivity index (χ3v) is 2.71. The van der Waals surface area contributed by atoms with E-state index in [1.807, 2.05) is 0 Å². The van der Waals surface area contributed by atoms with Crippen LogP contribution in [0.2, 0.25) is 0 Å². The zero-order valence-corrected chi connectivity index (χ0v) is 5.85. The van der Waals surface area contributed by atoms with E-state index in [4.69, 9.17) is 0 Å². The van der Waals surface area contributed by atoms with Gasteiger partial charge < -0.3 is 10.2 Å². The van der Waals surface area contributed by atoms with E-state index >= 15 is 0 Å². The number of rotatable bonds is 1. The predicted octanol–water partition coefficient (Wildman–Crippen LogP) is 0.0717. The first-order valence-corrected chi connectivity index (χ1v) is 3.51. The zero-order valence-electron chi connectivity index (χ0n) is 5.85. The van der Waals surface area contributed by atoms with Gasteiger partial charge in [-0.15, -0.1) is 0 Å². The van der Waals surface area contributed by atoms with Gasteiger partial charge in [0.2, 0.25) is 0 Å². The highest BCUT2D eigenvalue weighted by Crippen LogP contribution is 2.48. The van der Waals surface area contributed by atoms with Gasteiger partial charge in [0.25, 0.3) is 0 Å². The van der Waals surface area contributed by atoms with E-state index in [0.717, 1.165) is 12.5 Å². The van der Waals surface area contributed by atoms with Crippen LogP contribution in [-0.2, 0) is 0 Å². The van der Waals surface area contributed by atoms with Crippen LogP contribution in [0.5, 0.6) is 0 Å². The molecule has 1 saturated heterocycles. The van der Waals surface area contributed by atoms with Crippen molar-refractivity contribution in [2.24, 2.45) is 5.92 Å². The first kappa shape index (κ1) is 5.69. The largest absolute Gasteiger partial charge is 0.457 e. The summed E-state index contributed by atoms with van der Waals surface area (Å²) in [7, 11) is 5.96. The molecule has 1 heterocycles. The number of likely N-dealkylation sites (tertiary alicyclic amines) is 1. The fourth-order valence-electron chi connectivity index (χ4n) is 1.97. The Morgan fingerprint density at radius 3 is 2.89 bits per heavy atom. The minimum Gasteiger partial charge on any atom is -0.457 e. The number of hydrogen-bond donors (Lipinski definition) is 1. The topological polar surface area (TPSA) is 15.3 Å². The SMILES string of the molecule is [CH2-]N1C[C@@H]2C[C@]2(NC)C1. The van der Waals surface area contributed by atoms with Crippen LogP contribution < -0.4 is 5.32 Å². The van der Waals surface area contributed by atoms with Gasteiger partial charge in [0.1, 0.15) is 0 Å². The maximum absolute atomic E-state index is 3.90. The van der Waals surface area contributed by atoms with Gasteiger partial charge in [0, 0.05) is 5.54 Å². The lowest BCUT2D eigenvalue weighted by Crippen LogP contribution is -2.33. The van der Waals surface area contributed by atoms with E-state index in [0.29, 0.717) is 5.54 Å².